The number of hydrogen-bond donors (Lipinski definition) is 2. The number of amides is 1. The number of carbonyl (C=O) groups is 1. The number of primary amides is 1. The molecule has 2 heterocycles. The van der Waals surface area contributed by atoms with Crippen molar-refractivity contribution in [3.63, 3.8) is 0 Å². The Bertz CT molecular complexity index is 1180. The predicted molar refractivity (Wildman–Crippen MR) is 107 cm³/mol. The van der Waals surface area contributed by atoms with E-state index in [1.807, 2.05) is 24.3 Å². The van der Waals surface area contributed by atoms with E-state index in [0.29, 0.717) is 27.0 Å². The highest BCUT2D eigenvalue weighted by atomic mass is 35.5. The molecule has 27 heavy (non-hydrogen) atoms. The zero-order valence-electron chi connectivity index (χ0n) is 13.9. The molecule has 0 spiro atoms. The number of aromatic nitrogens is 1. The molecule has 0 fully saturated rings. The number of H-pyrrole nitrogens is 1. The summed E-state index contributed by atoms with van der Waals surface area (Å²) in [5.74, 6) is -0.782. The summed E-state index contributed by atoms with van der Waals surface area (Å²) in [4.78, 5) is 31.3. The van der Waals surface area contributed by atoms with E-state index in [0.717, 1.165) is 16.7 Å². The molecule has 7 heteroatoms. The van der Waals surface area contributed by atoms with Crippen LogP contribution in [0.25, 0.3) is 11.3 Å². The van der Waals surface area contributed by atoms with E-state index >= 15 is 0 Å². The number of halogens is 2. The number of hydrogen-bond acceptors (Lipinski definition) is 3. The average molecular weight is 398 g/mol. The molecular weight excluding hydrogens is 385 g/mol. The second-order valence-corrected chi connectivity index (χ2v) is 6.95. The topological polar surface area (TPSA) is 88.3 Å². The van der Waals surface area contributed by atoms with E-state index in [1.165, 1.54) is 6.07 Å². The van der Waals surface area contributed by atoms with E-state index in [4.69, 9.17) is 33.9 Å². The third kappa shape index (κ3) is 3.05. The van der Waals surface area contributed by atoms with Crippen LogP contribution < -0.4 is 11.3 Å². The fourth-order valence-electron chi connectivity index (χ4n) is 3.18. The van der Waals surface area contributed by atoms with Crippen LogP contribution in [0.3, 0.4) is 0 Å². The smallest absolute Gasteiger partial charge is 0.261 e. The van der Waals surface area contributed by atoms with E-state index in [1.54, 1.807) is 18.2 Å². The van der Waals surface area contributed by atoms with E-state index < -0.39 is 11.5 Å². The van der Waals surface area contributed by atoms with Gasteiger partial charge in [-0.05, 0) is 29.8 Å². The molecule has 2 aromatic carbocycles. The Morgan fingerprint density at radius 1 is 1.04 bits per heavy atom. The minimum Gasteiger partial charge on any atom is -0.365 e. The number of pyridine rings is 1. The first-order valence-corrected chi connectivity index (χ1v) is 8.87. The normalized spacial score (nSPS) is 12.6. The summed E-state index contributed by atoms with van der Waals surface area (Å²) in [6, 6.07) is 14.2. The summed E-state index contributed by atoms with van der Waals surface area (Å²) in [6.45, 7) is 0.249. The highest BCUT2D eigenvalue weighted by molar-refractivity contribution is 6.36. The Labute approximate surface area is 164 Å². The van der Waals surface area contributed by atoms with Crippen molar-refractivity contribution in [1.29, 1.82) is 0 Å². The monoisotopic (exact) mass is 397 g/mol. The molecule has 3 N–H and O–H groups in total. The Morgan fingerprint density at radius 2 is 1.81 bits per heavy atom. The van der Waals surface area contributed by atoms with Gasteiger partial charge in [-0.15, -0.1) is 0 Å². The van der Waals surface area contributed by atoms with Gasteiger partial charge in [0.15, 0.2) is 0 Å². The molecule has 3 aromatic rings. The van der Waals surface area contributed by atoms with Crippen LogP contribution in [0.4, 0.5) is 0 Å². The highest BCUT2D eigenvalue weighted by Gasteiger charge is 2.23. The molecule has 0 saturated carbocycles. The first-order chi connectivity index (χ1) is 13.0. The van der Waals surface area contributed by atoms with Gasteiger partial charge >= 0.3 is 0 Å². The zero-order chi connectivity index (χ0) is 19.1. The average Bonchev–Trinajstić information content (AvgIpc) is 2.78. The lowest BCUT2D eigenvalue weighted by Gasteiger charge is -2.13. The van der Waals surface area contributed by atoms with Gasteiger partial charge in [-0.3, -0.25) is 14.6 Å². The number of carbonyl (C=O) groups excluding carboxylic acids is 1. The number of nitrogens with two attached hydrogens (primary N) is 1. The number of aliphatic imine (C=N–C) groups is 1. The molecule has 0 bridgehead atoms. The largest absolute Gasteiger partial charge is 0.365 e. The first-order valence-electron chi connectivity index (χ1n) is 8.11. The number of aromatic amines is 1. The highest BCUT2D eigenvalue weighted by Crippen LogP contribution is 2.34. The van der Waals surface area contributed by atoms with Gasteiger partial charge in [0.25, 0.3) is 11.5 Å². The maximum atomic E-state index is 12.3. The van der Waals surface area contributed by atoms with Gasteiger partial charge in [0.2, 0.25) is 0 Å². The fraction of sp³-hybridized carbons (Fsp3) is 0.0500. The molecule has 4 rings (SSSR count). The van der Waals surface area contributed by atoms with E-state index in [9.17, 15) is 9.59 Å². The predicted octanol–water partition coefficient (Wildman–Crippen LogP) is 3.80. The second kappa shape index (κ2) is 6.68. The van der Waals surface area contributed by atoms with Crippen LogP contribution in [0.5, 0.6) is 0 Å². The van der Waals surface area contributed by atoms with Crippen molar-refractivity contribution in [1.82, 2.24) is 4.98 Å². The molecule has 134 valence electrons. The summed E-state index contributed by atoms with van der Waals surface area (Å²) >= 11 is 12.6. The van der Waals surface area contributed by atoms with Crippen LogP contribution in [0, 0.1) is 0 Å². The second-order valence-electron chi connectivity index (χ2n) is 6.11. The molecule has 0 unspecified atom stereocenters. The Morgan fingerprint density at radius 3 is 2.56 bits per heavy atom. The molecule has 0 radical (unpaired) electrons. The van der Waals surface area contributed by atoms with Crippen LogP contribution in [0.15, 0.2) is 58.3 Å². The standard InChI is InChI=1S/C20H13Cl2N3O2/c21-11-5-6-12-14(8-11)18(13-3-1-2-4-16(13)22)24-9-10-7-15(19(23)26)20(27)25-17(10)12/h1-8H,9H2,(H2,23,26)(H,25,27). The van der Waals surface area contributed by atoms with Crippen molar-refractivity contribution >= 4 is 34.8 Å². The van der Waals surface area contributed by atoms with Gasteiger partial charge in [-0.25, -0.2) is 0 Å². The van der Waals surface area contributed by atoms with Gasteiger partial charge in [-0.1, -0.05) is 47.5 Å². The fourth-order valence-corrected chi connectivity index (χ4v) is 3.58. The van der Waals surface area contributed by atoms with Gasteiger partial charge in [0.1, 0.15) is 5.56 Å². The molecule has 1 amide bonds. The third-order valence-electron chi connectivity index (χ3n) is 4.43. The van der Waals surface area contributed by atoms with Gasteiger partial charge in [-0.2, -0.15) is 0 Å². The van der Waals surface area contributed by atoms with Crippen molar-refractivity contribution in [2.24, 2.45) is 10.7 Å². The van der Waals surface area contributed by atoms with Gasteiger partial charge in [0.05, 0.1) is 18.0 Å². The van der Waals surface area contributed by atoms with Crippen molar-refractivity contribution < 1.29 is 4.79 Å². The summed E-state index contributed by atoms with van der Waals surface area (Å²) in [5.41, 5.74) is 8.87. The molecular formula is C20H13Cl2N3O2. The Hall–Kier alpha value is -2.89. The third-order valence-corrected chi connectivity index (χ3v) is 5.00. The van der Waals surface area contributed by atoms with E-state index in [2.05, 4.69) is 4.98 Å². The molecule has 1 aromatic heterocycles. The van der Waals surface area contributed by atoms with Crippen LogP contribution >= 0.6 is 23.2 Å². The number of rotatable bonds is 2. The number of nitrogens with one attached hydrogen (secondary N) is 1. The van der Waals surface area contributed by atoms with Crippen LogP contribution in [-0.4, -0.2) is 16.6 Å². The Kier molecular flexibility index (Phi) is 4.34. The molecule has 0 saturated heterocycles. The lowest BCUT2D eigenvalue weighted by atomic mass is 9.94. The number of benzene rings is 2. The lowest BCUT2D eigenvalue weighted by molar-refractivity contribution is 0.0999. The van der Waals surface area contributed by atoms with Gasteiger partial charge in [0, 0.05) is 26.7 Å². The lowest BCUT2D eigenvalue weighted by Crippen LogP contribution is -2.24. The minimum absolute atomic E-state index is 0.0966. The molecule has 0 aliphatic carbocycles. The van der Waals surface area contributed by atoms with Crippen molar-refractivity contribution in [2.45, 2.75) is 6.54 Å². The molecule has 0 atom stereocenters. The van der Waals surface area contributed by atoms with Crippen LogP contribution in [0.1, 0.15) is 27.0 Å². The van der Waals surface area contributed by atoms with Gasteiger partial charge < -0.3 is 10.7 Å². The maximum absolute atomic E-state index is 12.3. The zero-order valence-corrected chi connectivity index (χ0v) is 15.4. The SMILES string of the molecule is NC(=O)c1cc2c([nH]c1=O)-c1ccc(Cl)cc1C(c1ccccc1Cl)=NC2. The van der Waals surface area contributed by atoms with E-state index in [-0.39, 0.29) is 12.1 Å². The quantitative estimate of drug-likeness (QED) is 0.688. The molecule has 1 aliphatic rings. The Balaban J connectivity index is 2.03. The van der Waals surface area contributed by atoms with Crippen molar-refractivity contribution in [3.05, 3.63) is 91.2 Å². The molecule has 5 nitrogen and oxygen atoms in total. The number of nitrogens with zero attached hydrogens (tertiary/aromatic N) is 1. The maximum Gasteiger partial charge on any atom is 0.261 e. The van der Waals surface area contributed by atoms with Crippen molar-refractivity contribution in [3.8, 4) is 11.3 Å². The summed E-state index contributed by atoms with van der Waals surface area (Å²) in [7, 11) is 0. The first kappa shape index (κ1) is 17.5. The summed E-state index contributed by atoms with van der Waals surface area (Å²) in [6.07, 6.45) is 0. The van der Waals surface area contributed by atoms with Crippen molar-refractivity contribution in [2.75, 3.05) is 0 Å². The number of fused-ring (bicyclic) bond motifs is 3. The van der Waals surface area contributed by atoms with Crippen LogP contribution in [0.2, 0.25) is 10.0 Å². The summed E-state index contributed by atoms with van der Waals surface area (Å²) < 4.78 is 0. The van der Waals surface area contributed by atoms with Crippen LogP contribution in [-0.2, 0) is 6.54 Å². The minimum atomic E-state index is -0.782. The molecule has 1 aliphatic heterocycles. The summed E-state index contributed by atoms with van der Waals surface area (Å²) in [5, 5.41) is 1.09.